The zero-order valence-corrected chi connectivity index (χ0v) is 18.6. The highest BCUT2D eigenvalue weighted by molar-refractivity contribution is 6.08. The van der Waals surface area contributed by atoms with Gasteiger partial charge in [-0.25, -0.2) is 4.79 Å². The molecule has 7 heteroatoms. The summed E-state index contributed by atoms with van der Waals surface area (Å²) in [7, 11) is 0. The van der Waals surface area contributed by atoms with Crippen LogP contribution in [0.4, 0.5) is 11.4 Å². The molecule has 0 aliphatic carbocycles. The van der Waals surface area contributed by atoms with E-state index >= 15 is 0 Å². The maximum Gasteiger partial charge on any atom is 0.375 e. The summed E-state index contributed by atoms with van der Waals surface area (Å²) in [6.07, 6.45) is 0.315. The molecule has 0 atom stereocenters. The Hall–Kier alpha value is -3.97. The van der Waals surface area contributed by atoms with Crippen molar-refractivity contribution in [1.82, 2.24) is 0 Å². The lowest BCUT2D eigenvalue weighted by Crippen LogP contribution is -2.23. The van der Waals surface area contributed by atoms with Gasteiger partial charge in [-0.2, -0.15) is 4.89 Å². The molecule has 0 fully saturated rings. The maximum atomic E-state index is 12.8. The minimum absolute atomic E-state index is 0.0464. The van der Waals surface area contributed by atoms with Crippen LogP contribution in [0.5, 0.6) is 0 Å². The standard InChI is InChI=1S/C26H24N2O5/c1-26(2,3)33-32-25(31)20-11-9-18(17-10-12-21-19(13-17)15-23(29)27-21)14-22(20)28-24(30)16-7-5-4-6-8-16/h4-14H,15H2,1-3H3,(H,27,29)(H,28,30). The predicted molar refractivity (Wildman–Crippen MR) is 125 cm³/mol. The van der Waals surface area contributed by atoms with Gasteiger partial charge in [0.1, 0.15) is 5.60 Å². The van der Waals surface area contributed by atoms with E-state index < -0.39 is 11.6 Å². The maximum absolute atomic E-state index is 12.8. The molecule has 0 saturated carbocycles. The van der Waals surface area contributed by atoms with Crippen molar-refractivity contribution in [1.29, 1.82) is 0 Å². The molecule has 1 aliphatic heterocycles. The molecular weight excluding hydrogens is 420 g/mol. The number of amides is 2. The van der Waals surface area contributed by atoms with E-state index in [4.69, 9.17) is 9.78 Å². The molecule has 0 spiro atoms. The normalized spacial score (nSPS) is 12.6. The summed E-state index contributed by atoms with van der Waals surface area (Å²) in [5.74, 6) is -1.12. The van der Waals surface area contributed by atoms with E-state index in [2.05, 4.69) is 10.6 Å². The summed E-state index contributed by atoms with van der Waals surface area (Å²) in [5, 5.41) is 5.62. The monoisotopic (exact) mass is 444 g/mol. The second-order valence-corrected chi connectivity index (χ2v) is 8.74. The Kier molecular flexibility index (Phi) is 5.98. The van der Waals surface area contributed by atoms with E-state index in [9.17, 15) is 14.4 Å². The molecule has 1 heterocycles. The fraction of sp³-hybridized carbons (Fsp3) is 0.192. The molecular formula is C26H24N2O5. The largest absolute Gasteiger partial charge is 0.375 e. The molecule has 3 aromatic carbocycles. The number of rotatable bonds is 5. The first-order chi connectivity index (χ1) is 15.7. The second-order valence-electron chi connectivity index (χ2n) is 8.74. The number of hydrogen-bond acceptors (Lipinski definition) is 5. The van der Waals surface area contributed by atoms with E-state index in [1.807, 2.05) is 24.3 Å². The van der Waals surface area contributed by atoms with Crippen LogP contribution in [0, 0.1) is 0 Å². The van der Waals surface area contributed by atoms with Crippen molar-refractivity contribution in [3.63, 3.8) is 0 Å². The van der Waals surface area contributed by atoms with Gasteiger partial charge < -0.3 is 10.6 Å². The Bertz CT molecular complexity index is 1230. The molecule has 0 aromatic heterocycles. The van der Waals surface area contributed by atoms with Crippen LogP contribution in [0.1, 0.15) is 47.1 Å². The van der Waals surface area contributed by atoms with Crippen molar-refractivity contribution < 1.29 is 24.2 Å². The second kappa shape index (κ2) is 8.88. The Balaban J connectivity index is 1.68. The van der Waals surface area contributed by atoms with Gasteiger partial charge in [-0.05, 0) is 73.9 Å². The van der Waals surface area contributed by atoms with Crippen LogP contribution >= 0.6 is 0 Å². The number of carbonyl (C=O) groups excluding carboxylic acids is 3. The Morgan fingerprint density at radius 1 is 0.939 bits per heavy atom. The van der Waals surface area contributed by atoms with E-state index in [1.165, 1.54) is 0 Å². The summed E-state index contributed by atoms with van der Waals surface area (Å²) in [6.45, 7) is 5.28. The third kappa shape index (κ3) is 5.27. The van der Waals surface area contributed by atoms with Crippen molar-refractivity contribution >= 4 is 29.2 Å². The molecule has 3 aromatic rings. The lowest BCUT2D eigenvalue weighted by Gasteiger charge is -2.18. The van der Waals surface area contributed by atoms with Gasteiger partial charge in [0.25, 0.3) is 5.91 Å². The topological polar surface area (TPSA) is 93.7 Å². The molecule has 2 amide bonds. The SMILES string of the molecule is CC(C)(C)OOC(=O)c1ccc(-c2ccc3c(c2)CC(=O)N3)cc1NC(=O)c1ccccc1. The van der Waals surface area contributed by atoms with Crippen LogP contribution in [0.3, 0.4) is 0 Å². The minimum atomic E-state index is -0.719. The Morgan fingerprint density at radius 2 is 1.64 bits per heavy atom. The minimum Gasteiger partial charge on any atom is -0.326 e. The van der Waals surface area contributed by atoms with Crippen molar-refractivity contribution in [2.24, 2.45) is 0 Å². The van der Waals surface area contributed by atoms with Gasteiger partial charge >= 0.3 is 5.97 Å². The number of benzene rings is 3. The van der Waals surface area contributed by atoms with Crippen molar-refractivity contribution in [3.8, 4) is 11.1 Å². The molecule has 168 valence electrons. The summed E-state index contributed by atoms with van der Waals surface area (Å²) in [5.41, 5.74) is 3.54. The molecule has 4 rings (SSSR count). The van der Waals surface area contributed by atoms with Crippen molar-refractivity contribution in [2.75, 3.05) is 10.6 Å². The smallest absolute Gasteiger partial charge is 0.326 e. The van der Waals surface area contributed by atoms with E-state index in [0.29, 0.717) is 17.7 Å². The Labute approximate surface area is 191 Å². The lowest BCUT2D eigenvalue weighted by molar-refractivity contribution is -0.301. The molecule has 7 nitrogen and oxygen atoms in total. The molecule has 33 heavy (non-hydrogen) atoms. The number of fused-ring (bicyclic) bond motifs is 1. The predicted octanol–water partition coefficient (Wildman–Crippen LogP) is 4.99. The number of anilines is 2. The summed E-state index contributed by atoms with van der Waals surface area (Å²) >= 11 is 0. The zero-order valence-electron chi connectivity index (χ0n) is 18.6. The summed E-state index contributed by atoms with van der Waals surface area (Å²) in [6, 6.07) is 19.4. The molecule has 0 radical (unpaired) electrons. The van der Waals surface area contributed by atoms with E-state index in [-0.39, 0.29) is 17.4 Å². The molecule has 2 N–H and O–H groups in total. The lowest BCUT2D eigenvalue weighted by atomic mass is 9.99. The van der Waals surface area contributed by atoms with Crippen molar-refractivity contribution in [2.45, 2.75) is 32.8 Å². The highest BCUT2D eigenvalue weighted by atomic mass is 17.2. The van der Waals surface area contributed by atoms with Crippen LogP contribution < -0.4 is 10.6 Å². The van der Waals surface area contributed by atoms with Gasteiger partial charge in [-0.3, -0.25) is 14.5 Å². The summed E-state index contributed by atoms with van der Waals surface area (Å²) < 4.78 is 0. The highest BCUT2D eigenvalue weighted by Gasteiger charge is 2.22. The average Bonchev–Trinajstić information content (AvgIpc) is 3.16. The van der Waals surface area contributed by atoms with Gasteiger partial charge in [0, 0.05) is 11.3 Å². The van der Waals surface area contributed by atoms with E-state index in [1.54, 1.807) is 63.2 Å². The van der Waals surface area contributed by atoms with Gasteiger partial charge in [0.15, 0.2) is 0 Å². The average molecular weight is 444 g/mol. The fourth-order valence-electron chi connectivity index (χ4n) is 3.41. The fourth-order valence-corrected chi connectivity index (χ4v) is 3.41. The number of carbonyl (C=O) groups is 3. The van der Waals surface area contributed by atoms with Crippen molar-refractivity contribution in [3.05, 3.63) is 83.4 Å². The first kappa shape index (κ1) is 22.2. The zero-order chi connectivity index (χ0) is 23.6. The first-order valence-corrected chi connectivity index (χ1v) is 10.5. The quantitative estimate of drug-likeness (QED) is 0.427. The number of nitrogens with one attached hydrogen (secondary N) is 2. The molecule has 1 aliphatic rings. The van der Waals surface area contributed by atoms with Crippen LogP contribution in [0.15, 0.2) is 66.7 Å². The molecule has 0 bridgehead atoms. The summed E-state index contributed by atoms with van der Waals surface area (Å²) in [4.78, 5) is 47.4. The van der Waals surface area contributed by atoms with Crippen LogP contribution in [-0.4, -0.2) is 23.4 Å². The molecule has 0 saturated heterocycles. The van der Waals surface area contributed by atoms with Crippen LogP contribution in [0.25, 0.3) is 11.1 Å². The first-order valence-electron chi connectivity index (χ1n) is 10.5. The van der Waals surface area contributed by atoms with E-state index in [0.717, 1.165) is 22.4 Å². The van der Waals surface area contributed by atoms with Gasteiger partial charge in [0.2, 0.25) is 5.91 Å². The van der Waals surface area contributed by atoms with Gasteiger partial charge in [-0.15, -0.1) is 0 Å². The van der Waals surface area contributed by atoms with Gasteiger partial charge in [0.05, 0.1) is 17.7 Å². The van der Waals surface area contributed by atoms with Crippen LogP contribution in [-0.2, 0) is 21.0 Å². The number of hydrogen-bond donors (Lipinski definition) is 2. The third-order valence-corrected chi connectivity index (χ3v) is 4.95. The van der Waals surface area contributed by atoms with Crippen LogP contribution in [0.2, 0.25) is 0 Å². The molecule has 0 unspecified atom stereocenters. The van der Waals surface area contributed by atoms with Gasteiger partial charge in [-0.1, -0.05) is 30.3 Å². The highest BCUT2D eigenvalue weighted by Crippen LogP contribution is 2.32. The third-order valence-electron chi connectivity index (χ3n) is 4.95. The Morgan fingerprint density at radius 3 is 2.36 bits per heavy atom.